The number of aromatic carboxylic acids is 1. The lowest BCUT2D eigenvalue weighted by Gasteiger charge is -2.04. The van der Waals surface area contributed by atoms with Crippen LogP contribution >= 0.6 is 0 Å². The van der Waals surface area contributed by atoms with E-state index >= 15 is 0 Å². The zero-order chi connectivity index (χ0) is 13.1. The summed E-state index contributed by atoms with van der Waals surface area (Å²) >= 11 is 0. The van der Waals surface area contributed by atoms with Crippen LogP contribution in [-0.4, -0.2) is 21.0 Å². The first-order chi connectivity index (χ1) is 8.56. The average Bonchev–Trinajstić information content (AvgIpc) is 2.32. The first-order valence-corrected chi connectivity index (χ1v) is 4.74. The summed E-state index contributed by atoms with van der Waals surface area (Å²) in [6.07, 6.45) is 1.79. The maximum Gasteiger partial charge on any atom is 0.338 e. The Labute approximate surface area is 99.7 Å². The molecule has 0 aliphatic carbocycles. The smallest absolute Gasteiger partial charge is 0.338 e. The summed E-state index contributed by atoms with van der Waals surface area (Å²) in [6, 6.07) is 3.02. The summed E-state index contributed by atoms with van der Waals surface area (Å²) in [6.45, 7) is 0. The van der Waals surface area contributed by atoms with Crippen LogP contribution in [0.1, 0.15) is 10.4 Å². The molecule has 92 valence electrons. The molecule has 0 aliphatic rings. The van der Waals surface area contributed by atoms with E-state index in [-0.39, 0.29) is 11.8 Å². The van der Waals surface area contributed by atoms with E-state index in [4.69, 9.17) is 9.84 Å². The van der Waals surface area contributed by atoms with Gasteiger partial charge in [0.25, 0.3) is 0 Å². The largest absolute Gasteiger partial charge is 0.478 e. The molecule has 0 amide bonds. The van der Waals surface area contributed by atoms with Crippen LogP contribution in [0, 0.1) is 11.6 Å². The topological polar surface area (TPSA) is 72.3 Å². The van der Waals surface area contributed by atoms with Gasteiger partial charge in [-0.05, 0) is 12.1 Å². The molecule has 0 aliphatic heterocycles. The molecule has 2 rings (SSSR count). The van der Waals surface area contributed by atoms with Gasteiger partial charge in [-0.1, -0.05) is 0 Å². The highest BCUT2D eigenvalue weighted by Gasteiger charge is 2.11. The average molecular weight is 252 g/mol. The number of ether oxygens (including phenoxy) is 1. The van der Waals surface area contributed by atoms with Crippen molar-refractivity contribution in [1.29, 1.82) is 0 Å². The van der Waals surface area contributed by atoms with Gasteiger partial charge in [0, 0.05) is 6.07 Å². The van der Waals surface area contributed by atoms with Crippen molar-refractivity contribution in [3.63, 3.8) is 0 Å². The van der Waals surface area contributed by atoms with E-state index in [1.54, 1.807) is 0 Å². The highest BCUT2D eigenvalue weighted by atomic mass is 19.1. The SMILES string of the molecule is O=C(O)c1ccc(Oc2ncc(F)cn2)cc1F. The number of carbonyl (C=O) groups is 1. The van der Waals surface area contributed by atoms with Crippen molar-refractivity contribution in [2.24, 2.45) is 0 Å². The summed E-state index contributed by atoms with van der Waals surface area (Å²) < 4.78 is 30.9. The molecule has 2 aromatic rings. The maximum absolute atomic E-state index is 13.3. The summed E-state index contributed by atoms with van der Waals surface area (Å²) in [5, 5.41) is 8.63. The quantitative estimate of drug-likeness (QED) is 0.906. The van der Waals surface area contributed by atoms with E-state index in [0.29, 0.717) is 0 Å². The minimum atomic E-state index is -1.38. The van der Waals surface area contributed by atoms with Crippen LogP contribution in [0.3, 0.4) is 0 Å². The van der Waals surface area contributed by atoms with E-state index in [9.17, 15) is 13.6 Å². The molecule has 0 unspecified atom stereocenters. The van der Waals surface area contributed by atoms with E-state index in [2.05, 4.69) is 9.97 Å². The Morgan fingerprint density at radius 3 is 2.44 bits per heavy atom. The van der Waals surface area contributed by atoms with Gasteiger partial charge in [0.15, 0.2) is 5.82 Å². The van der Waals surface area contributed by atoms with Crippen LogP contribution in [0.5, 0.6) is 11.8 Å². The standard InChI is InChI=1S/C11H6F2N2O3/c12-6-4-14-11(15-5-6)18-7-1-2-8(10(16)17)9(13)3-7/h1-5H,(H,16,17). The Morgan fingerprint density at radius 1 is 1.22 bits per heavy atom. The van der Waals surface area contributed by atoms with E-state index in [1.165, 1.54) is 6.07 Å². The Morgan fingerprint density at radius 2 is 1.89 bits per heavy atom. The number of rotatable bonds is 3. The minimum Gasteiger partial charge on any atom is -0.478 e. The molecule has 0 bridgehead atoms. The third kappa shape index (κ3) is 2.57. The molecule has 7 heteroatoms. The van der Waals surface area contributed by atoms with Gasteiger partial charge in [-0.15, -0.1) is 0 Å². The Balaban J connectivity index is 2.22. The third-order valence-electron chi connectivity index (χ3n) is 1.98. The second kappa shape index (κ2) is 4.74. The zero-order valence-corrected chi connectivity index (χ0v) is 8.80. The molecular weight excluding hydrogens is 246 g/mol. The Bertz CT molecular complexity index is 587. The van der Waals surface area contributed by atoms with Crippen LogP contribution in [0.4, 0.5) is 8.78 Å². The van der Waals surface area contributed by atoms with Gasteiger partial charge in [0.05, 0.1) is 18.0 Å². The van der Waals surface area contributed by atoms with Gasteiger partial charge in [0.1, 0.15) is 11.6 Å². The lowest BCUT2D eigenvalue weighted by atomic mass is 10.2. The number of carboxylic acid groups (broad SMARTS) is 1. The van der Waals surface area contributed by atoms with Crippen molar-refractivity contribution in [3.05, 3.63) is 47.8 Å². The predicted molar refractivity (Wildman–Crippen MR) is 55.4 cm³/mol. The van der Waals surface area contributed by atoms with Gasteiger partial charge >= 0.3 is 12.0 Å². The van der Waals surface area contributed by atoms with Gasteiger partial charge < -0.3 is 9.84 Å². The lowest BCUT2D eigenvalue weighted by molar-refractivity contribution is 0.0692. The second-order valence-corrected chi connectivity index (χ2v) is 3.23. The van der Waals surface area contributed by atoms with Crippen LogP contribution in [0.15, 0.2) is 30.6 Å². The molecule has 18 heavy (non-hydrogen) atoms. The molecule has 1 heterocycles. The van der Waals surface area contributed by atoms with Crippen molar-refractivity contribution in [2.75, 3.05) is 0 Å². The Kier molecular flexibility index (Phi) is 3.13. The lowest BCUT2D eigenvalue weighted by Crippen LogP contribution is -2.00. The van der Waals surface area contributed by atoms with Crippen molar-refractivity contribution < 1.29 is 23.4 Å². The second-order valence-electron chi connectivity index (χ2n) is 3.23. The molecule has 1 N–H and O–H groups in total. The number of benzene rings is 1. The van der Waals surface area contributed by atoms with Crippen LogP contribution in [0.25, 0.3) is 0 Å². The highest BCUT2D eigenvalue weighted by Crippen LogP contribution is 2.20. The summed E-state index contributed by atoms with van der Waals surface area (Å²) in [4.78, 5) is 17.6. The summed E-state index contributed by atoms with van der Waals surface area (Å²) in [7, 11) is 0. The molecule has 0 atom stereocenters. The van der Waals surface area contributed by atoms with Crippen molar-refractivity contribution in [3.8, 4) is 11.8 Å². The minimum absolute atomic E-state index is 0.0177. The molecule has 5 nitrogen and oxygen atoms in total. The number of nitrogens with zero attached hydrogens (tertiary/aromatic N) is 2. The fourth-order valence-electron chi connectivity index (χ4n) is 1.19. The van der Waals surface area contributed by atoms with E-state index in [0.717, 1.165) is 24.5 Å². The van der Waals surface area contributed by atoms with Crippen LogP contribution in [-0.2, 0) is 0 Å². The molecule has 0 fully saturated rings. The number of hydrogen-bond acceptors (Lipinski definition) is 4. The number of halogens is 2. The molecule has 1 aromatic carbocycles. The van der Waals surface area contributed by atoms with Crippen molar-refractivity contribution in [1.82, 2.24) is 9.97 Å². The van der Waals surface area contributed by atoms with Crippen LogP contribution in [0.2, 0.25) is 0 Å². The summed E-state index contributed by atoms with van der Waals surface area (Å²) in [5.41, 5.74) is -0.470. The molecule has 0 saturated heterocycles. The normalized spacial score (nSPS) is 10.1. The molecule has 0 radical (unpaired) electrons. The maximum atomic E-state index is 13.3. The van der Waals surface area contributed by atoms with Gasteiger partial charge in [0.2, 0.25) is 0 Å². The summed E-state index contributed by atoms with van der Waals surface area (Å²) in [5.74, 6) is -2.93. The highest BCUT2D eigenvalue weighted by molar-refractivity contribution is 5.88. The number of aromatic nitrogens is 2. The van der Waals surface area contributed by atoms with Crippen LogP contribution < -0.4 is 4.74 Å². The third-order valence-corrected chi connectivity index (χ3v) is 1.98. The zero-order valence-electron chi connectivity index (χ0n) is 8.80. The van der Waals surface area contributed by atoms with E-state index < -0.39 is 23.2 Å². The van der Waals surface area contributed by atoms with E-state index in [1.807, 2.05) is 0 Å². The number of carboxylic acids is 1. The number of hydrogen-bond donors (Lipinski definition) is 1. The molecule has 1 aromatic heterocycles. The molecule has 0 spiro atoms. The van der Waals surface area contributed by atoms with Crippen molar-refractivity contribution >= 4 is 5.97 Å². The van der Waals surface area contributed by atoms with Gasteiger partial charge in [-0.25, -0.2) is 23.5 Å². The van der Waals surface area contributed by atoms with Crippen molar-refractivity contribution in [2.45, 2.75) is 0 Å². The fraction of sp³-hybridized carbons (Fsp3) is 0. The molecular formula is C11H6F2N2O3. The monoisotopic (exact) mass is 252 g/mol. The fourth-order valence-corrected chi connectivity index (χ4v) is 1.19. The van der Waals surface area contributed by atoms with Gasteiger partial charge in [-0.3, -0.25) is 0 Å². The first kappa shape index (κ1) is 11.9. The van der Waals surface area contributed by atoms with Gasteiger partial charge in [-0.2, -0.15) is 0 Å². The molecule has 0 saturated carbocycles. The Hall–Kier alpha value is -2.57. The predicted octanol–water partition coefficient (Wildman–Crippen LogP) is 2.25. The first-order valence-electron chi connectivity index (χ1n) is 4.74.